The van der Waals surface area contributed by atoms with Crippen LogP contribution in [0.2, 0.25) is 0 Å². The predicted octanol–water partition coefficient (Wildman–Crippen LogP) is 4.69. The number of H-pyrrole nitrogens is 1. The molecule has 2 aliphatic heterocycles. The van der Waals surface area contributed by atoms with Crippen LogP contribution in [0, 0.1) is 5.41 Å². The molecule has 168 valence electrons. The Bertz CT molecular complexity index is 1120. The van der Waals surface area contributed by atoms with Gasteiger partial charge >= 0.3 is 0 Å². The maximum Gasteiger partial charge on any atom is 0.270 e. The Morgan fingerprint density at radius 1 is 1.03 bits per heavy atom. The topological polar surface area (TPSA) is 57.8 Å². The lowest BCUT2D eigenvalue weighted by molar-refractivity contribution is -0.0338. The molecule has 3 heterocycles. The van der Waals surface area contributed by atoms with E-state index in [2.05, 4.69) is 37.9 Å². The molecule has 1 aromatic heterocycles. The normalized spacial score (nSPS) is 18.0. The van der Waals surface area contributed by atoms with Gasteiger partial charge in [0.1, 0.15) is 17.2 Å². The lowest BCUT2D eigenvalue weighted by atomic mass is 9.72. The lowest BCUT2D eigenvalue weighted by Gasteiger charge is -2.54. The highest BCUT2D eigenvalue weighted by Crippen LogP contribution is 2.41. The number of carbonyl (C=O) groups is 1. The molecule has 0 unspecified atom stereocenters. The second-order valence-electron chi connectivity index (χ2n) is 9.07. The molecule has 0 saturated carbocycles. The lowest BCUT2D eigenvalue weighted by Crippen LogP contribution is -2.61. The summed E-state index contributed by atoms with van der Waals surface area (Å²) >= 11 is 3.49. The minimum absolute atomic E-state index is 0.105. The van der Waals surface area contributed by atoms with Gasteiger partial charge in [-0.05, 0) is 67.9 Å². The Hall–Kier alpha value is -2.51. The molecule has 2 saturated heterocycles. The Morgan fingerprint density at radius 2 is 1.72 bits per heavy atom. The molecule has 5 rings (SSSR count). The van der Waals surface area contributed by atoms with Crippen LogP contribution in [0.5, 0.6) is 11.5 Å². The highest BCUT2D eigenvalue weighted by atomic mass is 79.9. The van der Waals surface area contributed by atoms with Crippen LogP contribution in [-0.2, 0) is 6.54 Å². The van der Waals surface area contributed by atoms with Crippen molar-refractivity contribution < 1.29 is 14.3 Å². The molecule has 0 aliphatic carbocycles. The summed E-state index contributed by atoms with van der Waals surface area (Å²) in [6, 6.07) is 14.0. The van der Waals surface area contributed by atoms with Crippen LogP contribution < -0.4 is 9.47 Å². The van der Waals surface area contributed by atoms with Crippen LogP contribution in [0.3, 0.4) is 0 Å². The quantitative estimate of drug-likeness (QED) is 0.555. The van der Waals surface area contributed by atoms with Gasteiger partial charge in [0.15, 0.2) is 0 Å². The van der Waals surface area contributed by atoms with Gasteiger partial charge in [-0.1, -0.05) is 15.9 Å². The number of fused-ring (bicyclic) bond motifs is 1. The summed E-state index contributed by atoms with van der Waals surface area (Å²) in [4.78, 5) is 20.7. The molecule has 2 aliphatic rings. The number of benzene rings is 2. The highest BCUT2D eigenvalue weighted by molar-refractivity contribution is 9.10. The van der Waals surface area contributed by atoms with E-state index in [0.717, 1.165) is 72.4 Å². The number of ether oxygens (including phenoxy) is 2. The van der Waals surface area contributed by atoms with E-state index in [1.165, 1.54) is 5.56 Å². The molecule has 6 nitrogen and oxygen atoms in total. The molecule has 32 heavy (non-hydrogen) atoms. The van der Waals surface area contributed by atoms with Crippen molar-refractivity contribution >= 4 is 32.7 Å². The predicted molar refractivity (Wildman–Crippen MR) is 128 cm³/mol. The monoisotopic (exact) mass is 497 g/mol. The van der Waals surface area contributed by atoms with Crippen molar-refractivity contribution in [2.24, 2.45) is 5.41 Å². The fourth-order valence-corrected chi connectivity index (χ4v) is 5.39. The first-order valence-electron chi connectivity index (χ1n) is 11.0. The summed E-state index contributed by atoms with van der Waals surface area (Å²) in [6.07, 6.45) is 2.25. The smallest absolute Gasteiger partial charge is 0.270 e. The minimum Gasteiger partial charge on any atom is -0.497 e. The third kappa shape index (κ3) is 4.11. The molecule has 7 heteroatoms. The zero-order valence-electron chi connectivity index (χ0n) is 18.5. The van der Waals surface area contributed by atoms with E-state index >= 15 is 0 Å². The molecule has 0 atom stereocenters. The number of halogens is 1. The number of likely N-dealkylation sites (tertiary alicyclic amines) is 2. The van der Waals surface area contributed by atoms with Crippen LogP contribution in [0.25, 0.3) is 10.9 Å². The first-order valence-corrected chi connectivity index (χ1v) is 11.8. The van der Waals surface area contributed by atoms with Crippen molar-refractivity contribution in [3.63, 3.8) is 0 Å². The van der Waals surface area contributed by atoms with Crippen molar-refractivity contribution in [1.82, 2.24) is 14.8 Å². The molecule has 2 aromatic carbocycles. The number of carbonyl (C=O) groups excluding carboxylic acids is 1. The zero-order valence-corrected chi connectivity index (χ0v) is 20.1. The molecular formula is C25H28BrN3O3. The summed E-state index contributed by atoms with van der Waals surface area (Å²) in [5.41, 5.74) is 3.15. The molecule has 1 amide bonds. The summed E-state index contributed by atoms with van der Waals surface area (Å²) < 4.78 is 11.8. The van der Waals surface area contributed by atoms with Crippen molar-refractivity contribution in [3.8, 4) is 11.5 Å². The number of amides is 1. The number of nitrogens with zero attached hydrogens (tertiary/aromatic N) is 2. The van der Waals surface area contributed by atoms with Gasteiger partial charge in [-0.3, -0.25) is 9.69 Å². The van der Waals surface area contributed by atoms with Crippen molar-refractivity contribution in [2.45, 2.75) is 19.4 Å². The second kappa shape index (κ2) is 8.45. The number of hydrogen-bond donors (Lipinski definition) is 1. The van der Waals surface area contributed by atoms with E-state index in [-0.39, 0.29) is 11.3 Å². The molecule has 3 aromatic rings. The maximum atomic E-state index is 13.0. The first kappa shape index (κ1) is 21.3. The molecule has 1 N–H and O–H groups in total. The van der Waals surface area contributed by atoms with Gasteiger partial charge in [0.2, 0.25) is 0 Å². The summed E-state index contributed by atoms with van der Waals surface area (Å²) in [6.45, 7) is 4.68. The molecule has 2 fully saturated rings. The fraction of sp³-hybridized carbons (Fsp3) is 0.400. The number of aromatic amines is 1. The van der Waals surface area contributed by atoms with E-state index < -0.39 is 0 Å². The van der Waals surface area contributed by atoms with E-state index in [4.69, 9.17) is 9.47 Å². The van der Waals surface area contributed by atoms with Crippen molar-refractivity contribution in [1.29, 1.82) is 0 Å². The van der Waals surface area contributed by atoms with Crippen LogP contribution >= 0.6 is 15.9 Å². The van der Waals surface area contributed by atoms with Crippen molar-refractivity contribution in [2.75, 3.05) is 40.4 Å². The molecule has 1 spiro atoms. The van der Waals surface area contributed by atoms with Crippen molar-refractivity contribution in [3.05, 3.63) is 58.2 Å². The SMILES string of the molecule is COc1cc(CN2CCC3(CC2)CN(C(=O)c2cc4cc(Br)ccc4[nH]2)C3)cc(OC)c1. The third-order valence-corrected chi connectivity index (χ3v) is 7.38. The zero-order chi connectivity index (χ0) is 22.3. The average Bonchev–Trinajstić information content (AvgIpc) is 3.20. The highest BCUT2D eigenvalue weighted by Gasteiger charge is 2.46. The number of aromatic nitrogens is 1. The summed E-state index contributed by atoms with van der Waals surface area (Å²) in [7, 11) is 3.36. The number of rotatable bonds is 5. The number of nitrogens with one attached hydrogen (secondary N) is 1. The van der Waals surface area contributed by atoms with Crippen LogP contribution in [0.15, 0.2) is 46.9 Å². The van der Waals surface area contributed by atoms with E-state index in [1.807, 2.05) is 35.2 Å². The average molecular weight is 498 g/mol. The Morgan fingerprint density at radius 3 is 2.38 bits per heavy atom. The maximum absolute atomic E-state index is 13.0. The minimum atomic E-state index is 0.105. The van der Waals surface area contributed by atoms with E-state index in [1.54, 1.807) is 14.2 Å². The van der Waals surface area contributed by atoms with E-state index in [0.29, 0.717) is 5.69 Å². The number of hydrogen-bond acceptors (Lipinski definition) is 4. The number of piperidine rings is 1. The van der Waals surface area contributed by atoms with Gasteiger partial charge in [0.05, 0.1) is 14.2 Å². The number of methoxy groups -OCH3 is 2. The largest absolute Gasteiger partial charge is 0.497 e. The van der Waals surface area contributed by atoms with Gasteiger partial charge in [-0.2, -0.15) is 0 Å². The third-order valence-electron chi connectivity index (χ3n) is 6.89. The molecule has 0 radical (unpaired) electrons. The summed E-state index contributed by atoms with van der Waals surface area (Å²) in [5, 5.41) is 1.06. The van der Waals surface area contributed by atoms with Crippen LogP contribution in [0.1, 0.15) is 28.9 Å². The van der Waals surface area contributed by atoms with Gasteiger partial charge < -0.3 is 19.4 Å². The van der Waals surface area contributed by atoms with Gasteiger partial charge in [0.25, 0.3) is 5.91 Å². The van der Waals surface area contributed by atoms with Gasteiger partial charge in [0, 0.05) is 46.5 Å². The van der Waals surface area contributed by atoms with Crippen LogP contribution in [0.4, 0.5) is 0 Å². The van der Waals surface area contributed by atoms with Crippen LogP contribution in [-0.4, -0.2) is 61.1 Å². The standard InChI is InChI=1S/C25H28BrN3O3/c1-31-20-9-17(10-21(13-20)32-2)14-28-7-5-25(6-8-28)15-29(16-25)24(30)23-12-18-11-19(26)3-4-22(18)27-23/h3-4,9-13,27H,5-8,14-16H2,1-2H3. The molecule has 0 bridgehead atoms. The van der Waals surface area contributed by atoms with Gasteiger partial charge in [-0.25, -0.2) is 0 Å². The van der Waals surface area contributed by atoms with E-state index in [9.17, 15) is 4.79 Å². The second-order valence-corrected chi connectivity index (χ2v) is 9.99. The first-order chi connectivity index (χ1) is 15.5. The fourth-order valence-electron chi connectivity index (χ4n) is 5.01. The Labute approximate surface area is 196 Å². The summed E-state index contributed by atoms with van der Waals surface area (Å²) in [5.74, 6) is 1.75. The molecular weight excluding hydrogens is 470 g/mol. The Kier molecular flexibility index (Phi) is 5.63. The Balaban J connectivity index is 1.17. The van der Waals surface area contributed by atoms with Gasteiger partial charge in [-0.15, -0.1) is 0 Å².